The van der Waals surface area contributed by atoms with Crippen LogP contribution in [-0.4, -0.2) is 37.2 Å². The highest BCUT2D eigenvalue weighted by Gasteiger charge is 2.19. The van der Waals surface area contributed by atoms with Crippen LogP contribution in [0.3, 0.4) is 0 Å². The third-order valence-electron chi connectivity index (χ3n) is 16.4. The molecule has 0 N–H and O–H groups in total. The summed E-state index contributed by atoms with van der Waals surface area (Å²) in [6.45, 7) is 6.69. The molecule has 6 nitrogen and oxygen atoms in total. The van der Waals surface area contributed by atoms with E-state index in [0.29, 0.717) is 19.3 Å². The summed E-state index contributed by atoms with van der Waals surface area (Å²) in [5.41, 5.74) is 0. The molecule has 0 fully saturated rings. The molecule has 470 valence electrons. The van der Waals surface area contributed by atoms with E-state index in [9.17, 15) is 14.4 Å². The molecule has 80 heavy (non-hydrogen) atoms. The van der Waals surface area contributed by atoms with Crippen LogP contribution in [0, 0.1) is 0 Å². The third kappa shape index (κ3) is 66.4. The minimum atomic E-state index is -0.777. The van der Waals surface area contributed by atoms with Crippen molar-refractivity contribution < 1.29 is 28.6 Å². The molecule has 6 heteroatoms. The van der Waals surface area contributed by atoms with Crippen molar-refractivity contribution in [3.63, 3.8) is 0 Å². The zero-order valence-electron chi connectivity index (χ0n) is 54.1. The van der Waals surface area contributed by atoms with Crippen molar-refractivity contribution >= 4 is 17.9 Å². The van der Waals surface area contributed by atoms with Gasteiger partial charge in [0.25, 0.3) is 0 Å². The molecule has 0 aromatic carbocycles. The summed E-state index contributed by atoms with van der Waals surface area (Å²) in [5, 5.41) is 0. The summed E-state index contributed by atoms with van der Waals surface area (Å²) in [4.78, 5) is 38.4. The van der Waals surface area contributed by atoms with E-state index in [1.807, 2.05) is 0 Å². The third-order valence-corrected chi connectivity index (χ3v) is 16.4. The molecule has 0 spiro atoms. The number of rotatable bonds is 67. The number of allylic oxidation sites excluding steroid dienone is 6. The number of ether oxygens (including phenoxy) is 3. The molecule has 0 saturated carbocycles. The van der Waals surface area contributed by atoms with Gasteiger partial charge in [0.1, 0.15) is 13.2 Å². The molecular weight excluding hydrogens is 985 g/mol. The van der Waals surface area contributed by atoms with Gasteiger partial charge in [0.2, 0.25) is 0 Å². The Balaban J connectivity index is 4.23. The first-order valence-electron chi connectivity index (χ1n) is 36.0. The van der Waals surface area contributed by atoms with Crippen LogP contribution in [0.4, 0.5) is 0 Å². The lowest BCUT2D eigenvalue weighted by atomic mass is 10.0. The number of carbonyl (C=O) groups excluding carboxylic acids is 3. The topological polar surface area (TPSA) is 78.9 Å². The fourth-order valence-electron chi connectivity index (χ4n) is 10.9. The van der Waals surface area contributed by atoms with Crippen molar-refractivity contribution in [1.29, 1.82) is 0 Å². The average molecular weight is 1120 g/mol. The number of hydrogen-bond acceptors (Lipinski definition) is 6. The molecule has 0 aliphatic rings. The summed E-state index contributed by atoms with van der Waals surface area (Å²) in [6.07, 6.45) is 86.1. The monoisotopic (exact) mass is 1120 g/mol. The Morgan fingerprint density at radius 2 is 0.450 bits per heavy atom. The lowest BCUT2D eigenvalue weighted by Crippen LogP contribution is -2.30. The van der Waals surface area contributed by atoms with Crippen molar-refractivity contribution in [2.45, 2.75) is 406 Å². The summed E-state index contributed by atoms with van der Waals surface area (Å²) in [7, 11) is 0. The normalized spacial score (nSPS) is 12.2. The van der Waals surface area contributed by atoms with Crippen molar-refractivity contribution in [3.8, 4) is 0 Å². The number of unbranched alkanes of at least 4 members (excludes halogenated alkanes) is 50. The highest BCUT2D eigenvalue weighted by molar-refractivity contribution is 5.71. The minimum Gasteiger partial charge on any atom is -0.462 e. The molecule has 0 saturated heterocycles. The van der Waals surface area contributed by atoms with Gasteiger partial charge in [-0.15, -0.1) is 0 Å². The zero-order valence-corrected chi connectivity index (χ0v) is 54.1. The molecule has 0 amide bonds. The number of carbonyl (C=O) groups is 3. The van der Waals surface area contributed by atoms with E-state index in [4.69, 9.17) is 14.2 Å². The van der Waals surface area contributed by atoms with Crippen molar-refractivity contribution in [2.75, 3.05) is 13.2 Å². The second-order valence-electron chi connectivity index (χ2n) is 24.5. The quantitative estimate of drug-likeness (QED) is 0.0261. The predicted octanol–water partition coefficient (Wildman–Crippen LogP) is 24.7. The maximum Gasteiger partial charge on any atom is 0.306 e. The van der Waals surface area contributed by atoms with Gasteiger partial charge in [-0.25, -0.2) is 0 Å². The summed E-state index contributed by atoms with van der Waals surface area (Å²) >= 11 is 0. The Morgan fingerprint density at radius 3 is 0.700 bits per heavy atom. The molecule has 0 aromatic heterocycles. The van der Waals surface area contributed by atoms with Gasteiger partial charge in [0.05, 0.1) is 0 Å². The van der Waals surface area contributed by atoms with Gasteiger partial charge in [0.15, 0.2) is 6.10 Å². The second-order valence-corrected chi connectivity index (χ2v) is 24.5. The highest BCUT2D eigenvalue weighted by Crippen LogP contribution is 2.19. The Labute approximate surface area is 499 Å². The molecule has 1 atom stereocenters. The fourth-order valence-corrected chi connectivity index (χ4v) is 10.9. The lowest BCUT2D eigenvalue weighted by molar-refractivity contribution is -0.167. The first-order valence-corrected chi connectivity index (χ1v) is 36.0. The number of esters is 3. The van der Waals surface area contributed by atoms with Crippen LogP contribution >= 0.6 is 0 Å². The Hall–Kier alpha value is -2.37. The molecule has 0 aliphatic heterocycles. The standard InChI is InChI=1S/C74H138O6/c1-4-7-10-13-16-19-22-25-28-30-32-34-35-36-37-38-39-41-42-44-46-49-52-55-58-61-64-67-73(76)79-70-71(69-78-72(75)66-63-60-57-54-51-48-27-24-21-18-15-12-9-6-3)80-74(77)68-65-62-59-56-53-50-47-45-43-40-33-31-29-26-23-20-17-14-11-8-5-2/h23-24,26-27,31,33,71H,4-22,25,28-30,32,34-70H2,1-3H3/b26-23-,27-24-,33-31-. The van der Waals surface area contributed by atoms with Crippen LogP contribution < -0.4 is 0 Å². The van der Waals surface area contributed by atoms with Crippen LogP contribution in [0.15, 0.2) is 36.5 Å². The first-order chi connectivity index (χ1) is 39.5. The van der Waals surface area contributed by atoms with E-state index in [1.54, 1.807) is 0 Å². The maximum atomic E-state index is 13.0. The Morgan fingerprint density at radius 1 is 0.250 bits per heavy atom. The smallest absolute Gasteiger partial charge is 0.306 e. The molecule has 0 aliphatic carbocycles. The predicted molar refractivity (Wildman–Crippen MR) is 349 cm³/mol. The molecule has 0 radical (unpaired) electrons. The van der Waals surface area contributed by atoms with E-state index in [0.717, 1.165) is 70.6 Å². The molecule has 1 unspecified atom stereocenters. The van der Waals surface area contributed by atoms with Crippen LogP contribution in [0.2, 0.25) is 0 Å². The van der Waals surface area contributed by atoms with E-state index < -0.39 is 6.10 Å². The second kappa shape index (κ2) is 69.1. The molecule has 0 heterocycles. The van der Waals surface area contributed by atoms with Gasteiger partial charge in [-0.05, 0) is 77.0 Å². The van der Waals surface area contributed by atoms with Crippen molar-refractivity contribution in [2.24, 2.45) is 0 Å². The maximum absolute atomic E-state index is 13.0. The zero-order chi connectivity index (χ0) is 57.8. The molecular formula is C74H138O6. The van der Waals surface area contributed by atoms with Gasteiger partial charge in [-0.3, -0.25) is 14.4 Å². The first kappa shape index (κ1) is 77.6. The van der Waals surface area contributed by atoms with E-state index in [-0.39, 0.29) is 31.1 Å². The highest BCUT2D eigenvalue weighted by atomic mass is 16.6. The molecule has 0 rings (SSSR count). The van der Waals surface area contributed by atoms with Crippen molar-refractivity contribution in [3.05, 3.63) is 36.5 Å². The summed E-state index contributed by atoms with van der Waals surface area (Å²) < 4.78 is 17.0. The van der Waals surface area contributed by atoms with Gasteiger partial charge < -0.3 is 14.2 Å². The van der Waals surface area contributed by atoms with Crippen LogP contribution in [0.1, 0.15) is 400 Å². The Kier molecular flexibility index (Phi) is 67.1. The van der Waals surface area contributed by atoms with E-state index >= 15 is 0 Å². The van der Waals surface area contributed by atoms with Crippen LogP contribution in [0.5, 0.6) is 0 Å². The Bertz CT molecular complexity index is 1340. The fraction of sp³-hybridized carbons (Fsp3) is 0.878. The summed E-state index contributed by atoms with van der Waals surface area (Å²) in [6, 6.07) is 0. The largest absolute Gasteiger partial charge is 0.462 e. The van der Waals surface area contributed by atoms with Crippen LogP contribution in [-0.2, 0) is 28.6 Å². The van der Waals surface area contributed by atoms with Gasteiger partial charge in [0, 0.05) is 19.3 Å². The lowest BCUT2D eigenvalue weighted by Gasteiger charge is -2.18. The van der Waals surface area contributed by atoms with Gasteiger partial charge in [-0.2, -0.15) is 0 Å². The average Bonchev–Trinajstić information content (AvgIpc) is 3.46. The van der Waals surface area contributed by atoms with Crippen molar-refractivity contribution in [1.82, 2.24) is 0 Å². The SMILES string of the molecule is CCCCCCC/C=C\C/C=C\CCCCCCCCCCCC(=O)OC(COC(=O)CCCCCCC/C=C\CCCCCCC)COC(=O)CCCCCCCCCCCCCCCCCCCCCCCCCCCCC. The van der Waals surface area contributed by atoms with Gasteiger partial charge >= 0.3 is 17.9 Å². The molecule has 0 aromatic rings. The van der Waals surface area contributed by atoms with E-state index in [1.165, 1.54) is 289 Å². The number of hydrogen-bond donors (Lipinski definition) is 0. The van der Waals surface area contributed by atoms with E-state index in [2.05, 4.69) is 57.2 Å². The molecule has 0 bridgehead atoms. The summed E-state index contributed by atoms with van der Waals surface area (Å²) in [5.74, 6) is -0.857. The van der Waals surface area contributed by atoms with Gasteiger partial charge in [-0.1, -0.05) is 340 Å². The minimum absolute atomic E-state index is 0.0718. The van der Waals surface area contributed by atoms with Crippen LogP contribution in [0.25, 0.3) is 0 Å².